The van der Waals surface area contributed by atoms with Gasteiger partial charge in [0.2, 0.25) is 0 Å². The number of carbonyl (C=O) groups is 2. The van der Waals surface area contributed by atoms with Crippen LogP contribution in [-0.4, -0.2) is 30.8 Å². The maximum atomic E-state index is 14.8. The van der Waals surface area contributed by atoms with Crippen LogP contribution in [-0.2, 0) is 22.4 Å². The number of aromatic nitrogens is 1. The lowest BCUT2D eigenvalue weighted by Crippen LogP contribution is -2.13. The smallest absolute Gasteiger partial charge is 0.162 e. The predicted octanol–water partition coefficient (Wildman–Crippen LogP) is 5.78. The summed E-state index contributed by atoms with van der Waals surface area (Å²) in [5, 5.41) is 0.621. The van der Waals surface area contributed by atoms with Gasteiger partial charge in [-0.15, -0.1) is 0 Å². The molecule has 0 spiro atoms. The summed E-state index contributed by atoms with van der Waals surface area (Å²) >= 11 is 0. The van der Waals surface area contributed by atoms with Crippen molar-refractivity contribution in [1.29, 1.82) is 0 Å². The minimum absolute atomic E-state index is 0.00779. The summed E-state index contributed by atoms with van der Waals surface area (Å²) < 4.78 is 58.0. The fourth-order valence-electron chi connectivity index (χ4n) is 3.83. The Bertz CT molecular complexity index is 1490. The van der Waals surface area contributed by atoms with Crippen LogP contribution in [0.25, 0.3) is 10.9 Å². The van der Waals surface area contributed by atoms with Gasteiger partial charge >= 0.3 is 0 Å². The Morgan fingerprint density at radius 3 is 2.00 bits per heavy atom. The van der Waals surface area contributed by atoms with Crippen LogP contribution in [0, 0.1) is 17.5 Å². The van der Waals surface area contributed by atoms with Crippen LogP contribution in [0.5, 0.6) is 23.0 Å². The minimum atomic E-state index is -0.859. The molecule has 0 saturated carbocycles. The highest BCUT2D eigenvalue weighted by atomic mass is 19.1. The molecule has 37 heavy (non-hydrogen) atoms. The third kappa shape index (κ3) is 6.06. The highest BCUT2D eigenvalue weighted by molar-refractivity contribution is 6.00. The first-order chi connectivity index (χ1) is 17.8. The molecule has 4 aromatic rings. The van der Waals surface area contributed by atoms with E-state index in [1.54, 1.807) is 24.4 Å². The van der Waals surface area contributed by atoms with Crippen molar-refractivity contribution in [3.05, 3.63) is 89.4 Å². The Labute approximate surface area is 210 Å². The van der Waals surface area contributed by atoms with E-state index in [0.717, 1.165) is 18.2 Å². The largest absolute Gasteiger partial charge is 0.493 e. The molecule has 6 nitrogen and oxygen atoms in total. The molecule has 190 valence electrons. The predicted molar refractivity (Wildman–Crippen MR) is 130 cm³/mol. The zero-order chi connectivity index (χ0) is 26.5. The Hall–Kier alpha value is -4.40. The van der Waals surface area contributed by atoms with Crippen LogP contribution in [0.2, 0.25) is 0 Å². The van der Waals surface area contributed by atoms with Gasteiger partial charge in [-0.1, -0.05) is 12.1 Å². The van der Waals surface area contributed by atoms with Gasteiger partial charge in [-0.05, 0) is 35.4 Å². The van der Waals surface area contributed by atoms with Crippen molar-refractivity contribution >= 4 is 22.5 Å². The van der Waals surface area contributed by atoms with Crippen LogP contribution in [0.3, 0.4) is 0 Å². The van der Waals surface area contributed by atoms with E-state index < -0.39 is 35.4 Å². The maximum absolute atomic E-state index is 14.8. The van der Waals surface area contributed by atoms with Gasteiger partial charge in [-0.3, -0.25) is 14.6 Å². The van der Waals surface area contributed by atoms with Gasteiger partial charge < -0.3 is 14.2 Å². The molecular weight excluding hydrogens is 487 g/mol. The minimum Gasteiger partial charge on any atom is -0.493 e. The molecule has 4 rings (SSSR count). The van der Waals surface area contributed by atoms with E-state index >= 15 is 0 Å². The number of hydrogen-bond acceptors (Lipinski definition) is 6. The Balaban J connectivity index is 1.44. The number of ether oxygens (including phenoxy) is 3. The monoisotopic (exact) mass is 509 g/mol. The Morgan fingerprint density at radius 2 is 1.38 bits per heavy atom. The molecule has 0 radical (unpaired) electrons. The molecule has 0 aliphatic rings. The second-order valence-corrected chi connectivity index (χ2v) is 8.23. The summed E-state index contributed by atoms with van der Waals surface area (Å²) in [5.74, 6) is -1.79. The fraction of sp³-hybridized carbons (Fsp3) is 0.179. The summed E-state index contributed by atoms with van der Waals surface area (Å²) in [4.78, 5) is 28.8. The van der Waals surface area contributed by atoms with Crippen LogP contribution in [0.1, 0.15) is 17.5 Å². The van der Waals surface area contributed by atoms with Gasteiger partial charge in [0.15, 0.2) is 11.5 Å². The molecule has 0 atom stereocenters. The van der Waals surface area contributed by atoms with E-state index in [1.165, 1.54) is 26.4 Å². The number of pyridine rings is 1. The SMILES string of the molecule is COc1cc2nccc(Oc3ccc(CC(=O)CC(=O)Cc4ccc(F)cc4F)c(F)c3)c2cc1OC. The number of Topliss-reactive ketones (excluding diaryl/α,β-unsaturated/α-hetero) is 2. The first kappa shape index (κ1) is 25.7. The van der Waals surface area contributed by atoms with E-state index in [-0.39, 0.29) is 29.7 Å². The van der Waals surface area contributed by atoms with E-state index in [1.807, 2.05) is 0 Å². The number of halogens is 3. The van der Waals surface area contributed by atoms with Crippen molar-refractivity contribution in [2.75, 3.05) is 14.2 Å². The number of carbonyl (C=O) groups excluding carboxylic acids is 2. The molecule has 0 fully saturated rings. The molecule has 0 unspecified atom stereocenters. The molecule has 0 aliphatic carbocycles. The van der Waals surface area contributed by atoms with Crippen molar-refractivity contribution in [2.24, 2.45) is 0 Å². The lowest BCUT2D eigenvalue weighted by Gasteiger charge is -2.13. The molecule has 0 N–H and O–H groups in total. The maximum Gasteiger partial charge on any atom is 0.162 e. The summed E-state index contributed by atoms with van der Waals surface area (Å²) in [6, 6.07) is 11.9. The lowest BCUT2D eigenvalue weighted by molar-refractivity contribution is -0.126. The highest BCUT2D eigenvalue weighted by Gasteiger charge is 2.17. The molecular formula is C28H22F3NO5. The van der Waals surface area contributed by atoms with Gasteiger partial charge in [-0.25, -0.2) is 13.2 Å². The average Bonchev–Trinajstić information content (AvgIpc) is 2.86. The van der Waals surface area contributed by atoms with E-state index in [2.05, 4.69) is 4.98 Å². The van der Waals surface area contributed by atoms with Gasteiger partial charge in [0, 0.05) is 42.6 Å². The van der Waals surface area contributed by atoms with Crippen LogP contribution < -0.4 is 14.2 Å². The highest BCUT2D eigenvalue weighted by Crippen LogP contribution is 2.37. The molecule has 0 amide bonds. The molecule has 1 heterocycles. The molecule has 0 bridgehead atoms. The van der Waals surface area contributed by atoms with E-state index in [0.29, 0.717) is 34.2 Å². The normalized spacial score (nSPS) is 10.8. The van der Waals surface area contributed by atoms with Crippen molar-refractivity contribution in [3.63, 3.8) is 0 Å². The molecule has 0 saturated heterocycles. The number of hydrogen-bond donors (Lipinski definition) is 0. The first-order valence-electron chi connectivity index (χ1n) is 11.2. The second-order valence-electron chi connectivity index (χ2n) is 8.23. The van der Waals surface area contributed by atoms with E-state index in [4.69, 9.17) is 14.2 Å². The van der Waals surface area contributed by atoms with Gasteiger partial charge in [-0.2, -0.15) is 0 Å². The van der Waals surface area contributed by atoms with E-state index in [9.17, 15) is 22.8 Å². The number of nitrogens with zero attached hydrogens (tertiary/aromatic N) is 1. The summed E-state index contributed by atoms with van der Waals surface area (Å²) in [5.41, 5.74) is 0.665. The summed E-state index contributed by atoms with van der Waals surface area (Å²) in [6.07, 6.45) is 0.368. The number of fused-ring (bicyclic) bond motifs is 1. The Morgan fingerprint density at radius 1 is 0.757 bits per heavy atom. The van der Waals surface area contributed by atoms with Crippen molar-refractivity contribution in [3.8, 4) is 23.0 Å². The molecule has 0 aliphatic heterocycles. The average molecular weight is 509 g/mol. The van der Waals surface area contributed by atoms with Gasteiger partial charge in [0.1, 0.15) is 40.5 Å². The first-order valence-corrected chi connectivity index (χ1v) is 11.2. The quantitative estimate of drug-likeness (QED) is 0.253. The third-order valence-electron chi connectivity index (χ3n) is 5.64. The topological polar surface area (TPSA) is 74.7 Å². The summed E-state index contributed by atoms with van der Waals surface area (Å²) in [6.45, 7) is 0. The summed E-state index contributed by atoms with van der Waals surface area (Å²) in [7, 11) is 3.02. The number of ketones is 2. The molecule has 1 aromatic heterocycles. The van der Waals surface area contributed by atoms with Crippen molar-refractivity contribution in [2.45, 2.75) is 19.3 Å². The zero-order valence-corrected chi connectivity index (χ0v) is 20.0. The van der Waals surface area contributed by atoms with Crippen LogP contribution in [0.15, 0.2) is 60.8 Å². The molecule has 9 heteroatoms. The number of methoxy groups -OCH3 is 2. The standard InChI is InChI=1S/C28H22F3NO5/c1-35-27-14-22-25(15-28(27)36-2)32-8-7-26(22)37-21-6-4-17(24(31)13-21)10-20(34)12-19(33)9-16-3-5-18(29)11-23(16)30/h3-8,11,13-15H,9-10,12H2,1-2H3. The van der Waals surface area contributed by atoms with Crippen molar-refractivity contribution < 1.29 is 37.0 Å². The van der Waals surface area contributed by atoms with Crippen LogP contribution >= 0.6 is 0 Å². The fourth-order valence-corrected chi connectivity index (χ4v) is 3.83. The molecule has 3 aromatic carbocycles. The van der Waals surface area contributed by atoms with Gasteiger partial charge in [0.05, 0.1) is 26.2 Å². The third-order valence-corrected chi connectivity index (χ3v) is 5.64. The Kier molecular flexibility index (Phi) is 7.71. The number of rotatable bonds is 10. The number of benzene rings is 3. The lowest BCUT2D eigenvalue weighted by atomic mass is 10.0. The van der Waals surface area contributed by atoms with Crippen molar-refractivity contribution in [1.82, 2.24) is 4.98 Å². The van der Waals surface area contributed by atoms with Gasteiger partial charge in [0.25, 0.3) is 0 Å². The van der Waals surface area contributed by atoms with Crippen LogP contribution in [0.4, 0.5) is 13.2 Å². The second kappa shape index (κ2) is 11.1. The zero-order valence-electron chi connectivity index (χ0n) is 20.0.